The van der Waals surface area contributed by atoms with E-state index in [0.717, 1.165) is 25.8 Å². The van der Waals surface area contributed by atoms with Crippen molar-refractivity contribution in [1.82, 2.24) is 4.90 Å². The van der Waals surface area contributed by atoms with E-state index in [1.165, 1.54) is 12.8 Å². The Hall–Kier alpha value is -1.04. The number of carbonyl (C=O) groups excluding carboxylic acids is 1. The third-order valence-electron chi connectivity index (χ3n) is 3.98. The minimum atomic E-state index is -0.125. The first-order valence-electron chi connectivity index (χ1n) is 7.22. The summed E-state index contributed by atoms with van der Waals surface area (Å²) in [5.41, 5.74) is -0.125. The molecule has 0 aromatic heterocycles. The van der Waals surface area contributed by atoms with Crippen molar-refractivity contribution in [3.8, 4) is 6.07 Å². The van der Waals surface area contributed by atoms with Crippen molar-refractivity contribution in [2.24, 2.45) is 11.3 Å². The Morgan fingerprint density at radius 1 is 1.39 bits per heavy atom. The van der Waals surface area contributed by atoms with Crippen molar-refractivity contribution in [2.45, 2.75) is 59.3 Å². The molecule has 18 heavy (non-hydrogen) atoms. The van der Waals surface area contributed by atoms with Crippen LogP contribution in [-0.2, 0) is 4.79 Å². The Balaban J connectivity index is 2.78. The second-order valence-electron chi connectivity index (χ2n) is 5.88. The van der Waals surface area contributed by atoms with Gasteiger partial charge in [0, 0.05) is 18.5 Å². The Morgan fingerprint density at radius 2 is 2.00 bits per heavy atom. The number of carbonyl (C=O) groups is 1. The zero-order valence-corrected chi connectivity index (χ0v) is 12.0. The van der Waals surface area contributed by atoms with Gasteiger partial charge in [-0.05, 0) is 32.1 Å². The molecule has 0 saturated heterocycles. The molecule has 0 aromatic carbocycles. The molecule has 3 heteroatoms. The second-order valence-corrected chi connectivity index (χ2v) is 5.88. The summed E-state index contributed by atoms with van der Waals surface area (Å²) in [7, 11) is 0. The fraction of sp³-hybridized carbons (Fsp3) is 0.867. The molecule has 102 valence electrons. The van der Waals surface area contributed by atoms with E-state index in [-0.39, 0.29) is 5.41 Å². The highest BCUT2D eigenvalue weighted by atomic mass is 16.2. The molecule has 1 amide bonds. The minimum absolute atomic E-state index is 0.125. The number of hydrogen-bond acceptors (Lipinski definition) is 2. The van der Waals surface area contributed by atoms with Gasteiger partial charge in [-0.1, -0.05) is 26.7 Å². The fourth-order valence-corrected chi connectivity index (χ4v) is 3.26. The molecule has 0 atom stereocenters. The van der Waals surface area contributed by atoms with Crippen LogP contribution in [0.1, 0.15) is 59.3 Å². The molecular weight excluding hydrogens is 224 g/mol. The van der Waals surface area contributed by atoms with Crippen LogP contribution in [0, 0.1) is 22.7 Å². The van der Waals surface area contributed by atoms with Crippen LogP contribution >= 0.6 is 0 Å². The predicted molar refractivity (Wildman–Crippen MR) is 72.8 cm³/mol. The first-order chi connectivity index (χ1) is 8.55. The molecule has 1 fully saturated rings. The number of rotatable bonds is 6. The lowest BCUT2D eigenvalue weighted by atomic mass is 9.77. The Kier molecular flexibility index (Phi) is 5.65. The van der Waals surface area contributed by atoms with Gasteiger partial charge in [-0.15, -0.1) is 0 Å². The summed E-state index contributed by atoms with van der Waals surface area (Å²) < 4.78 is 0. The second kappa shape index (κ2) is 6.78. The maximum Gasteiger partial charge on any atom is 0.228 e. The quantitative estimate of drug-likeness (QED) is 0.725. The van der Waals surface area contributed by atoms with E-state index >= 15 is 0 Å². The summed E-state index contributed by atoms with van der Waals surface area (Å²) in [5, 5.41) is 8.68. The molecule has 0 N–H and O–H groups in total. The molecule has 0 aliphatic heterocycles. The van der Waals surface area contributed by atoms with Crippen LogP contribution in [0.25, 0.3) is 0 Å². The Labute approximate surface area is 111 Å². The molecule has 0 heterocycles. The summed E-state index contributed by atoms with van der Waals surface area (Å²) in [6.07, 6.45) is 5.86. The topological polar surface area (TPSA) is 44.1 Å². The van der Waals surface area contributed by atoms with Gasteiger partial charge >= 0.3 is 0 Å². The predicted octanol–water partition coefficient (Wildman–Crippen LogP) is 3.36. The van der Waals surface area contributed by atoms with Gasteiger partial charge in [0.2, 0.25) is 5.91 Å². The van der Waals surface area contributed by atoms with Crippen LogP contribution in [0.5, 0.6) is 0 Å². The van der Waals surface area contributed by atoms with Gasteiger partial charge in [-0.3, -0.25) is 4.79 Å². The third kappa shape index (κ3) is 3.48. The average Bonchev–Trinajstić information content (AvgIpc) is 2.78. The number of nitriles is 1. The van der Waals surface area contributed by atoms with E-state index in [1.807, 2.05) is 11.8 Å². The van der Waals surface area contributed by atoms with E-state index in [9.17, 15) is 4.79 Å². The molecule has 1 saturated carbocycles. The third-order valence-corrected chi connectivity index (χ3v) is 3.98. The van der Waals surface area contributed by atoms with E-state index in [2.05, 4.69) is 19.9 Å². The van der Waals surface area contributed by atoms with Crippen molar-refractivity contribution in [1.29, 1.82) is 5.26 Å². The number of amides is 1. The fourth-order valence-electron chi connectivity index (χ4n) is 3.26. The van der Waals surface area contributed by atoms with E-state index in [4.69, 9.17) is 5.26 Å². The van der Waals surface area contributed by atoms with Crippen molar-refractivity contribution >= 4 is 5.91 Å². The van der Waals surface area contributed by atoms with Crippen LogP contribution in [0.4, 0.5) is 0 Å². The van der Waals surface area contributed by atoms with Crippen molar-refractivity contribution in [2.75, 3.05) is 13.1 Å². The van der Waals surface area contributed by atoms with Crippen LogP contribution in [-0.4, -0.2) is 23.9 Å². The highest BCUT2D eigenvalue weighted by molar-refractivity contribution is 5.83. The van der Waals surface area contributed by atoms with Crippen LogP contribution < -0.4 is 0 Å². The summed E-state index contributed by atoms with van der Waals surface area (Å²) in [4.78, 5) is 14.6. The van der Waals surface area contributed by atoms with Crippen LogP contribution in [0.15, 0.2) is 0 Å². The van der Waals surface area contributed by atoms with Gasteiger partial charge in [-0.2, -0.15) is 5.26 Å². The maximum atomic E-state index is 12.8. The molecule has 0 radical (unpaired) electrons. The van der Waals surface area contributed by atoms with Crippen LogP contribution in [0.2, 0.25) is 0 Å². The highest BCUT2D eigenvalue weighted by Gasteiger charge is 2.43. The molecule has 0 bridgehead atoms. The van der Waals surface area contributed by atoms with Gasteiger partial charge in [0.1, 0.15) is 0 Å². The normalized spacial score (nSPS) is 17.7. The highest BCUT2D eigenvalue weighted by Crippen LogP contribution is 2.44. The van der Waals surface area contributed by atoms with Gasteiger partial charge in [0.25, 0.3) is 0 Å². The molecule has 1 rings (SSSR count). The first kappa shape index (κ1) is 15.0. The van der Waals surface area contributed by atoms with Gasteiger partial charge in [-0.25, -0.2) is 0 Å². The standard InChI is InChI=1S/C15H26N2O/c1-4-17(11-7-10-16)14(18)15(12-13(2)3)8-5-6-9-15/h13H,4-9,11-12H2,1-3H3. The molecule has 1 aliphatic rings. The smallest absolute Gasteiger partial charge is 0.228 e. The lowest BCUT2D eigenvalue weighted by molar-refractivity contribution is -0.142. The number of hydrogen-bond donors (Lipinski definition) is 0. The van der Waals surface area contributed by atoms with Crippen molar-refractivity contribution < 1.29 is 4.79 Å². The first-order valence-corrected chi connectivity index (χ1v) is 7.22. The summed E-state index contributed by atoms with van der Waals surface area (Å²) in [6, 6.07) is 2.14. The Morgan fingerprint density at radius 3 is 2.44 bits per heavy atom. The summed E-state index contributed by atoms with van der Waals surface area (Å²) in [5.74, 6) is 0.855. The molecule has 0 spiro atoms. The largest absolute Gasteiger partial charge is 0.341 e. The lowest BCUT2D eigenvalue weighted by Gasteiger charge is -2.35. The summed E-state index contributed by atoms with van der Waals surface area (Å²) >= 11 is 0. The van der Waals surface area contributed by atoms with Gasteiger partial charge in [0.05, 0.1) is 12.5 Å². The number of nitrogens with zero attached hydrogens (tertiary/aromatic N) is 2. The van der Waals surface area contributed by atoms with Gasteiger partial charge in [0.15, 0.2) is 0 Å². The maximum absolute atomic E-state index is 12.8. The van der Waals surface area contributed by atoms with Crippen LogP contribution in [0.3, 0.4) is 0 Å². The lowest BCUT2D eigenvalue weighted by Crippen LogP contribution is -2.43. The van der Waals surface area contributed by atoms with Gasteiger partial charge < -0.3 is 4.90 Å². The molecule has 0 aromatic rings. The van der Waals surface area contributed by atoms with Crippen molar-refractivity contribution in [3.05, 3.63) is 0 Å². The van der Waals surface area contributed by atoms with E-state index in [0.29, 0.717) is 24.8 Å². The zero-order valence-electron chi connectivity index (χ0n) is 12.0. The van der Waals surface area contributed by atoms with Crippen molar-refractivity contribution in [3.63, 3.8) is 0 Å². The van der Waals surface area contributed by atoms with E-state index in [1.54, 1.807) is 0 Å². The monoisotopic (exact) mass is 250 g/mol. The molecule has 1 aliphatic carbocycles. The SMILES string of the molecule is CCN(CCC#N)C(=O)C1(CC(C)C)CCCC1. The minimum Gasteiger partial charge on any atom is -0.341 e. The summed E-state index contributed by atoms with van der Waals surface area (Å²) in [6.45, 7) is 7.71. The van der Waals surface area contributed by atoms with E-state index < -0.39 is 0 Å². The molecule has 3 nitrogen and oxygen atoms in total. The molecule has 0 unspecified atom stereocenters. The average molecular weight is 250 g/mol. The molecular formula is C15H26N2O. The zero-order chi connectivity index (χ0) is 13.6. The Bertz CT molecular complexity index is 311.